The second-order valence-corrected chi connectivity index (χ2v) is 5.41. The van der Waals surface area contributed by atoms with Crippen molar-refractivity contribution in [3.8, 4) is 11.1 Å². The van der Waals surface area contributed by atoms with Gasteiger partial charge in [0.1, 0.15) is 0 Å². The predicted octanol–water partition coefficient (Wildman–Crippen LogP) is 4.28. The largest absolute Gasteiger partial charge is 0.330 e. The van der Waals surface area contributed by atoms with Crippen molar-refractivity contribution in [3.05, 3.63) is 53.3 Å². The maximum Gasteiger partial charge on any atom is 0.0485 e. The Bertz CT molecular complexity index is 582. The second-order valence-electron chi connectivity index (χ2n) is 5.41. The van der Waals surface area contributed by atoms with Crippen molar-refractivity contribution < 1.29 is 0 Å². The van der Waals surface area contributed by atoms with Crippen molar-refractivity contribution in [3.63, 3.8) is 0 Å². The van der Waals surface area contributed by atoms with Crippen LogP contribution in [0.25, 0.3) is 11.1 Å². The van der Waals surface area contributed by atoms with E-state index in [-0.39, 0.29) is 24.8 Å². The number of halogens is 2. The standard InChI is InChI=1S/C17H20N2.2ClH/c1-12-5-7-13(8-6-12)15-9-10-19-17-14(11-18)3-2-4-16(15)17;;/h5-10,14H,2-4,11,18H2,1H3;2*1H/t14-;;/m1../s1. The van der Waals surface area contributed by atoms with Gasteiger partial charge in [-0.3, -0.25) is 4.98 Å². The minimum Gasteiger partial charge on any atom is -0.330 e. The highest BCUT2D eigenvalue weighted by atomic mass is 35.5. The third-order valence-electron chi connectivity index (χ3n) is 4.10. The average molecular weight is 325 g/mol. The number of hydrogen-bond acceptors (Lipinski definition) is 2. The lowest BCUT2D eigenvalue weighted by Gasteiger charge is -2.25. The molecule has 1 aromatic heterocycles. The summed E-state index contributed by atoms with van der Waals surface area (Å²) in [7, 11) is 0. The van der Waals surface area contributed by atoms with Gasteiger partial charge >= 0.3 is 0 Å². The molecular weight excluding hydrogens is 303 g/mol. The van der Waals surface area contributed by atoms with Crippen LogP contribution in [0.3, 0.4) is 0 Å². The summed E-state index contributed by atoms with van der Waals surface area (Å²) in [6.07, 6.45) is 5.46. The van der Waals surface area contributed by atoms with Gasteiger partial charge in [-0.05, 0) is 48.9 Å². The Hall–Kier alpha value is -1.09. The Morgan fingerprint density at radius 3 is 2.52 bits per heavy atom. The first kappa shape index (κ1) is 18.0. The topological polar surface area (TPSA) is 38.9 Å². The van der Waals surface area contributed by atoms with E-state index in [2.05, 4.69) is 42.2 Å². The molecule has 0 spiro atoms. The average Bonchev–Trinajstić information content (AvgIpc) is 2.47. The van der Waals surface area contributed by atoms with E-state index < -0.39 is 0 Å². The smallest absolute Gasteiger partial charge is 0.0485 e. The van der Waals surface area contributed by atoms with Gasteiger partial charge in [-0.15, -0.1) is 24.8 Å². The molecule has 1 aliphatic carbocycles. The summed E-state index contributed by atoms with van der Waals surface area (Å²) in [5, 5.41) is 0. The molecule has 0 bridgehead atoms. The lowest BCUT2D eigenvalue weighted by Crippen LogP contribution is -2.20. The molecular formula is C17H22Cl2N2. The van der Waals surface area contributed by atoms with Crippen LogP contribution in [0.15, 0.2) is 36.5 Å². The number of fused-ring (bicyclic) bond motifs is 1. The van der Waals surface area contributed by atoms with Crippen molar-refractivity contribution >= 4 is 24.8 Å². The highest BCUT2D eigenvalue weighted by molar-refractivity contribution is 5.85. The molecule has 2 N–H and O–H groups in total. The van der Waals surface area contributed by atoms with Crippen molar-refractivity contribution in [1.82, 2.24) is 4.98 Å². The number of hydrogen-bond donors (Lipinski definition) is 1. The Morgan fingerprint density at radius 2 is 1.86 bits per heavy atom. The fourth-order valence-electron chi connectivity index (χ4n) is 3.02. The molecule has 0 unspecified atom stereocenters. The van der Waals surface area contributed by atoms with E-state index in [1.807, 2.05) is 6.20 Å². The molecule has 2 nitrogen and oxygen atoms in total. The quantitative estimate of drug-likeness (QED) is 0.895. The Balaban J connectivity index is 0.00000110. The Morgan fingerprint density at radius 1 is 1.14 bits per heavy atom. The number of aromatic nitrogens is 1. The van der Waals surface area contributed by atoms with Crippen LogP contribution >= 0.6 is 24.8 Å². The highest BCUT2D eigenvalue weighted by Gasteiger charge is 2.22. The maximum atomic E-state index is 5.89. The zero-order valence-electron chi connectivity index (χ0n) is 12.2. The van der Waals surface area contributed by atoms with Crippen molar-refractivity contribution in [2.24, 2.45) is 5.73 Å². The third-order valence-corrected chi connectivity index (χ3v) is 4.10. The molecule has 4 heteroatoms. The van der Waals surface area contributed by atoms with E-state index in [9.17, 15) is 0 Å². The zero-order chi connectivity index (χ0) is 13.2. The molecule has 0 amide bonds. The molecule has 0 radical (unpaired) electrons. The Labute approximate surface area is 139 Å². The van der Waals surface area contributed by atoms with Crippen LogP contribution in [0.4, 0.5) is 0 Å². The van der Waals surface area contributed by atoms with Gasteiger partial charge in [0.2, 0.25) is 0 Å². The molecule has 3 rings (SSSR count). The molecule has 1 atom stereocenters. The van der Waals surface area contributed by atoms with Gasteiger partial charge in [0.25, 0.3) is 0 Å². The molecule has 21 heavy (non-hydrogen) atoms. The zero-order valence-corrected chi connectivity index (χ0v) is 13.8. The van der Waals surface area contributed by atoms with Crippen molar-refractivity contribution in [2.45, 2.75) is 32.1 Å². The number of aryl methyl sites for hydroxylation is 1. The predicted molar refractivity (Wildman–Crippen MR) is 93.6 cm³/mol. The molecule has 0 aliphatic heterocycles. The molecule has 1 aliphatic rings. The van der Waals surface area contributed by atoms with Gasteiger partial charge < -0.3 is 5.73 Å². The van der Waals surface area contributed by atoms with Crippen molar-refractivity contribution in [1.29, 1.82) is 0 Å². The number of pyridine rings is 1. The van der Waals surface area contributed by atoms with E-state index in [0.29, 0.717) is 12.5 Å². The van der Waals surface area contributed by atoms with Gasteiger partial charge in [0, 0.05) is 24.4 Å². The first-order valence-electron chi connectivity index (χ1n) is 7.04. The van der Waals surface area contributed by atoms with Crippen LogP contribution in [0, 0.1) is 6.92 Å². The third kappa shape index (κ3) is 3.57. The normalized spacial score (nSPS) is 16.4. The van der Waals surface area contributed by atoms with Crippen LogP contribution in [-0.2, 0) is 6.42 Å². The minimum absolute atomic E-state index is 0. The van der Waals surface area contributed by atoms with Crippen LogP contribution in [-0.4, -0.2) is 11.5 Å². The van der Waals surface area contributed by atoms with E-state index >= 15 is 0 Å². The van der Waals surface area contributed by atoms with Gasteiger partial charge in [-0.1, -0.05) is 29.8 Å². The number of benzene rings is 1. The summed E-state index contributed by atoms with van der Waals surface area (Å²) in [5.41, 5.74) is 12.5. The fourth-order valence-corrected chi connectivity index (χ4v) is 3.02. The lowest BCUT2D eigenvalue weighted by atomic mass is 9.83. The van der Waals surface area contributed by atoms with E-state index in [4.69, 9.17) is 5.73 Å². The second kappa shape index (κ2) is 7.79. The molecule has 114 valence electrons. The van der Waals surface area contributed by atoms with Gasteiger partial charge in [0.15, 0.2) is 0 Å². The van der Waals surface area contributed by atoms with Gasteiger partial charge in [0.05, 0.1) is 0 Å². The number of nitrogens with zero attached hydrogens (tertiary/aromatic N) is 1. The van der Waals surface area contributed by atoms with Gasteiger partial charge in [-0.2, -0.15) is 0 Å². The van der Waals surface area contributed by atoms with E-state index in [1.165, 1.54) is 40.8 Å². The number of rotatable bonds is 2. The molecule has 1 aromatic carbocycles. The summed E-state index contributed by atoms with van der Waals surface area (Å²) in [6, 6.07) is 10.9. The van der Waals surface area contributed by atoms with Crippen LogP contribution in [0.5, 0.6) is 0 Å². The fraction of sp³-hybridized carbons (Fsp3) is 0.353. The van der Waals surface area contributed by atoms with Crippen LogP contribution < -0.4 is 5.73 Å². The lowest BCUT2D eigenvalue weighted by molar-refractivity contribution is 0.546. The summed E-state index contributed by atoms with van der Waals surface area (Å²) in [4.78, 5) is 4.60. The molecule has 2 aromatic rings. The summed E-state index contributed by atoms with van der Waals surface area (Å²) in [6.45, 7) is 2.83. The molecule has 1 heterocycles. The SMILES string of the molecule is Cc1ccc(-c2ccnc3c2CCC[C@@H]3CN)cc1.Cl.Cl. The van der Waals surface area contributed by atoms with Crippen molar-refractivity contribution in [2.75, 3.05) is 6.54 Å². The minimum atomic E-state index is 0. The highest BCUT2D eigenvalue weighted by Crippen LogP contribution is 2.35. The first-order chi connectivity index (χ1) is 9.29. The van der Waals surface area contributed by atoms with Crippen LogP contribution in [0.2, 0.25) is 0 Å². The molecule has 0 saturated heterocycles. The summed E-state index contributed by atoms with van der Waals surface area (Å²) in [5.74, 6) is 0.439. The number of nitrogens with two attached hydrogens (primary N) is 1. The van der Waals surface area contributed by atoms with Crippen LogP contribution in [0.1, 0.15) is 35.6 Å². The molecule has 0 saturated carbocycles. The Kier molecular flexibility index (Phi) is 6.66. The van der Waals surface area contributed by atoms with E-state index in [1.54, 1.807) is 0 Å². The van der Waals surface area contributed by atoms with E-state index in [0.717, 1.165) is 6.42 Å². The summed E-state index contributed by atoms with van der Waals surface area (Å²) >= 11 is 0. The first-order valence-corrected chi connectivity index (χ1v) is 7.04. The maximum absolute atomic E-state index is 5.89. The summed E-state index contributed by atoms with van der Waals surface area (Å²) < 4.78 is 0. The van der Waals surface area contributed by atoms with Gasteiger partial charge in [-0.25, -0.2) is 0 Å². The monoisotopic (exact) mass is 324 g/mol. The molecule has 0 fully saturated rings.